The van der Waals surface area contributed by atoms with Gasteiger partial charge in [-0.25, -0.2) is 19.2 Å². The first-order chi connectivity index (χ1) is 13.1. The molecule has 0 saturated carbocycles. The second-order valence-electron chi connectivity index (χ2n) is 5.52. The molecule has 0 aliphatic carbocycles. The summed E-state index contributed by atoms with van der Waals surface area (Å²) in [7, 11) is 0. The fourth-order valence-corrected chi connectivity index (χ4v) is 2.31. The number of hydrogen-bond acceptors (Lipinski definition) is 5. The van der Waals surface area contributed by atoms with Crippen LogP contribution < -0.4 is 0 Å². The molecule has 9 heteroatoms. The Morgan fingerprint density at radius 1 is 0.607 bits per heavy atom. The van der Waals surface area contributed by atoms with Gasteiger partial charge in [0.25, 0.3) is 0 Å². The summed E-state index contributed by atoms with van der Waals surface area (Å²) in [6.45, 7) is 0. The lowest BCUT2D eigenvalue weighted by molar-refractivity contribution is 0.0651. The lowest BCUT2D eigenvalue weighted by atomic mass is 10.0. The molecule has 142 valence electrons. The van der Waals surface area contributed by atoms with Gasteiger partial charge in [-0.1, -0.05) is 12.1 Å². The summed E-state index contributed by atoms with van der Waals surface area (Å²) < 4.78 is 0. The minimum atomic E-state index is -1.46. The zero-order valence-corrected chi connectivity index (χ0v) is 13.9. The second kappa shape index (κ2) is 7.96. The monoisotopic (exact) mass is 384 g/mol. The van der Waals surface area contributed by atoms with E-state index in [2.05, 4.69) is 0 Å². The van der Waals surface area contributed by atoms with E-state index in [0.29, 0.717) is 0 Å². The Kier molecular flexibility index (Phi) is 5.70. The molecule has 0 saturated heterocycles. The third-order valence-corrected chi connectivity index (χ3v) is 3.64. The van der Waals surface area contributed by atoms with Crippen molar-refractivity contribution in [3.63, 3.8) is 0 Å². The number of rotatable bonds is 7. The molecule has 0 aliphatic rings. The number of ketones is 1. The Bertz CT molecular complexity index is 1020. The van der Waals surface area contributed by atoms with Crippen molar-refractivity contribution in [2.75, 3.05) is 0 Å². The van der Waals surface area contributed by atoms with Crippen LogP contribution in [0.15, 0.2) is 42.5 Å². The van der Waals surface area contributed by atoms with E-state index in [-0.39, 0.29) is 22.3 Å². The van der Waals surface area contributed by atoms with Crippen LogP contribution in [0.25, 0.3) is 6.08 Å². The number of hydrogen-bond donors (Lipinski definition) is 4. The Morgan fingerprint density at radius 3 is 1.57 bits per heavy atom. The highest BCUT2D eigenvalue weighted by molar-refractivity contribution is 6.09. The summed E-state index contributed by atoms with van der Waals surface area (Å²) in [6.07, 6.45) is 2.20. The van der Waals surface area contributed by atoms with Crippen molar-refractivity contribution in [3.8, 4) is 0 Å². The van der Waals surface area contributed by atoms with Gasteiger partial charge in [0.1, 0.15) is 0 Å². The largest absolute Gasteiger partial charge is 0.478 e. The minimum Gasteiger partial charge on any atom is -0.478 e. The maximum absolute atomic E-state index is 12.3. The molecule has 0 aromatic heterocycles. The number of allylic oxidation sites excluding steroid dienone is 1. The molecule has 0 atom stereocenters. The first-order valence-corrected chi connectivity index (χ1v) is 7.55. The quantitative estimate of drug-likeness (QED) is 0.414. The molecule has 2 aromatic carbocycles. The van der Waals surface area contributed by atoms with Gasteiger partial charge in [0.15, 0.2) is 5.78 Å². The molecule has 0 heterocycles. The first kappa shape index (κ1) is 20.0. The summed E-state index contributed by atoms with van der Waals surface area (Å²) in [5, 5.41) is 36.1. The van der Waals surface area contributed by atoms with E-state index in [1.807, 2.05) is 0 Å². The Balaban J connectivity index is 2.40. The smallest absolute Gasteiger partial charge is 0.336 e. The summed E-state index contributed by atoms with van der Waals surface area (Å²) in [5.74, 6) is -6.41. The highest BCUT2D eigenvalue weighted by Gasteiger charge is 2.16. The van der Waals surface area contributed by atoms with Crippen LogP contribution >= 0.6 is 0 Å². The fourth-order valence-electron chi connectivity index (χ4n) is 2.31. The summed E-state index contributed by atoms with van der Waals surface area (Å²) in [5.41, 5.74) is -1.62. The molecule has 0 unspecified atom stereocenters. The van der Waals surface area contributed by atoms with Gasteiger partial charge in [-0.15, -0.1) is 0 Å². The number of carboxylic acids is 4. The highest BCUT2D eigenvalue weighted by atomic mass is 16.4. The molecule has 0 bridgehead atoms. The van der Waals surface area contributed by atoms with E-state index in [4.69, 9.17) is 20.4 Å². The Morgan fingerprint density at radius 2 is 1.11 bits per heavy atom. The maximum atomic E-state index is 12.3. The first-order valence-electron chi connectivity index (χ1n) is 7.55. The molecule has 9 nitrogen and oxygen atoms in total. The van der Waals surface area contributed by atoms with Crippen LogP contribution in [-0.2, 0) is 0 Å². The minimum absolute atomic E-state index is 0.186. The van der Waals surface area contributed by atoms with Crippen LogP contribution in [0.4, 0.5) is 0 Å². The summed E-state index contributed by atoms with van der Waals surface area (Å²) >= 11 is 0. The van der Waals surface area contributed by atoms with Crippen molar-refractivity contribution in [1.29, 1.82) is 0 Å². The predicted molar refractivity (Wildman–Crippen MR) is 94.1 cm³/mol. The Labute approximate surface area is 156 Å². The number of benzene rings is 2. The van der Waals surface area contributed by atoms with Gasteiger partial charge in [-0.05, 0) is 42.0 Å². The van der Waals surface area contributed by atoms with Crippen molar-refractivity contribution in [3.05, 3.63) is 75.9 Å². The SMILES string of the molecule is O=C(O)c1cc(C(=O)O)cc(C(=O)C=Cc2ccc(C(=O)O)c(C(=O)O)c2)c1. The van der Waals surface area contributed by atoms with Gasteiger partial charge in [0.05, 0.1) is 22.3 Å². The van der Waals surface area contributed by atoms with Gasteiger partial charge in [0, 0.05) is 5.56 Å². The molecule has 4 N–H and O–H groups in total. The van der Waals surface area contributed by atoms with Gasteiger partial charge in [-0.3, -0.25) is 4.79 Å². The molecule has 2 aromatic rings. The van der Waals surface area contributed by atoms with Crippen LogP contribution in [0, 0.1) is 0 Å². The normalized spacial score (nSPS) is 10.6. The molecule has 0 amide bonds. The molecule has 28 heavy (non-hydrogen) atoms. The maximum Gasteiger partial charge on any atom is 0.336 e. The fraction of sp³-hybridized carbons (Fsp3) is 0. The molecule has 0 fully saturated rings. The second-order valence-corrected chi connectivity index (χ2v) is 5.52. The molecular formula is C19H12O9. The highest BCUT2D eigenvalue weighted by Crippen LogP contribution is 2.16. The lowest BCUT2D eigenvalue weighted by Gasteiger charge is -2.04. The van der Waals surface area contributed by atoms with Gasteiger partial charge in [-0.2, -0.15) is 0 Å². The van der Waals surface area contributed by atoms with Crippen LogP contribution in [0.5, 0.6) is 0 Å². The predicted octanol–water partition coefficient (Wildman–Crippen LogP) is 2.38. The van der Waals surface area contributed by atoms with Crippen molar-refractivity contribution >= 4 is 35.7 Å². The number of carbonyl (C=O) groups is 5. The zero-order chi connectivity index (χ0) is 21.0. The third-order valence-electron chi connectivity index (χ3n) is 3.64. The standard InChI is InChI=1S/C19H12O9/c20-15(10-6-11(16(21)22)8-12(7-10)17(23)24)4-2-9-1-3-13(18(25)26)14(5-9)19(27)28/h1-8H,(H,21,22)(H,23,24)(H,25,26)(H,27,28). The van der Waals surface area contributed by atoms with Crippen molar-refractivity contribution in [2.45, 2.75) is 0 Å². The number of carboxylic acid groups (broad SMARTS) is 4. The van der Waals surface area contributed by atoms with Crippen LogP contribution in [0.1, 0.15) is 57.4 Å². The van der Waals surface area contributed by atoms with E-state index >= 15 is 0 Å². The summed E-state index contributed by atoms with van der Waals surface area (Å²) in [4.78, 5) is 56.7. The van der Waals surface area contributed by atoms with Crippen molar-refractivity contribution in [1.82, 2.24) is 0 Å². The lowest BCUT2D eigenvalue weighted by Crippen LogP contribution is -2.08. The third kappa shape index (κ3) is 4.47. The average molecular weight is 384 g/mol. The van der Waals surface area contributed by atoms with Crippen LogP contribution in [0.3, 0.4) is 0 Å². The Hall–Kier alpha value is -4.27. The zero-order valence-electron chi connectivity index (χ0n) is 13.9. The van der Waals surface area contributed by atoms with Crippen LogP contribution in [-0.4, -0.2) is 50.1 Å². The number of carbonyl (C=O) groups excluding carboxylic acids is 1. The van der Waals surface area contributed by atoms with Crippen molar-refractivity contribution in [2.24, 2.45) is 0 Å². The molecule has 0 spiro atoms. The topological polar surface area (TPSA) is 166 Å². The van der Waals surface area contributed by atoms with E-state index in [1.54, 1.807) is 0 Å². The molecule has 0 aliphatic heterocycles. The van der Waals surface area contributed by atoms with Crippen LogP contribution in [0.2, 0.25) is 0 Å². The van der Waals surface area contributed by atoms with Gasteiger partial charge in [0.2, 0.25) is 0 Å². The molecule has 2 rings (SSSR count). The van der Waals surface area contributed by atoms with Crippen molar-refractivity contribution < 1.29 is 44.4 Å². The van der Waals surface area contributed by atoms with E-state index in [1.165, 1.54) is 12.1 Å². The van der Waals surface area contributed by atoms with E-state index in [9.17, 15) is 24.0 Å². The molecular weight excluding hydrogens is 372 g/mol. The van der Waals surface area contributed by atoms with E-state index < -0.39 is 40.8 Å². The summed E-state index contributed by atoms with van der Waals surface area (Å²) in [6, 6.07) is 6.36. The average Bonchev–Trinajstić information content (AvgIpc) is 2.65. The van der Waals surface area contributed by atoms with Gasteiger partial charge < -0.3 is 20.4 Å². The van der Waals surface area contributed by atoms with Gasteiger partial charge >= 0.3 is 23.9 Å². The molecule has 0 radical (unpaired) electrons. The van der Waals surface area contributed by atoms with E-state index in [0.717, 1.165) is 36.4 Å². The number of aromatic carboxylic acids is 4.